The normalized spacial score (nSPS) is 14.6. The molecule has 142 valence electrons. The number of carbonyl (C=O) groups is 1. The molecule has 3 rings (SSSR count). The van der Waals surface area contributed by atoms with E-state index < -0.39 is 0 Å². The molecule has 0 unspecified atom stereocenters. The van der Waals surface area contributed by atoms with Gasteiger partial charge in [0, 0.05) is 12.3 Å². The van der Waals surface area contributed by atoms with Gasteiger partial charge in [-0.05, 0) is 42.9 Å². The molecule has 3 atom stereocenters. The van der Waals surface area contributed by atoms with E-state index in [0.717, 1.165) is 17.5 Å². The fourth-order valence-electron chi connectivity index (χ4n) is 3.85. The van der Waals surface area contributed by atoms with Crippen molar-refractivity contribution in [2.24, 2.45) is 5.92 Å². The van der Waals surface area contributed by atoms with Gasteiger partial charge in [0.05, 0.1) is 6.61 Å². The highest BCUT2D eigenvalue weighted by molar-refractivity contribution is 5.72. The maximum Gasteiger partial charge on any atom is 0.306 e. The molecule has 0 aliphatic heterocycles. The minimum Gasteiger partial charge on any atom is -0.466 e. The van der Waals surface area contributed by atoms with E-state index in [4.69, 9.17) is 14.1 Å². The summed E-state index contributed by atoms with van der Waals surface area (Å²) in [5.74, 6) is 0.776. The van der Waals surface area contributed by atoms with Crippen LogP contribution in [0.25, 0.3) is 11.1 Å². The number of benzene rings is 2. The second kappa shape index (κ2) is 8.85. The topological polar surface area (TPSA) is 52.3 Å². The van der Waals surface area contributed by atoms with Crippen LogP contribution >= 0.6 is 0 Å². The van der Waals surface area contributed by atoms with E-state index in [1.807, 2.05) is 37.3 Å². The van der Waals surface area contributed by atoms with Crippen LogP contribution in [-0.4, -0.2) is 17.6 Å². The summed E-state index contributed by atoms with van der Waals surface area (Å²) in [5.41, 5.74) is 2.87. The summed E-state index contributed by atoms with van der Waals surface area (Å²) >= 11 is 0. The van der Waals surface area contributed by atoms with Crippen LogP contribution in [0, 0.1) is 5.92 Å². The number of aromatic nitrogens is 1. The minimum atomic E-state index is -0.172. The molecule has 0 spiro atoms. The van der Waals surface area contributed by atoms with Gasteiger partial charge in [0.15, 0.2) is 11.5 Å². The van der Waals surface area contributed by atoms with Gasteiger partial charge in [-0.15, -0.1) is 0 Å². The van der Waals surface area contributed by atoms with Crippen LogP contribution in [0.15, 0.2) is 59.0 Å². The standard InChI is InChI=1S/C23H27NO3/c1-4-18(17-11-7-6-8-12-17)22(16(3)15-21(25)26-5-2)23-24-19-13-9-10-14-20(19)27-23/h6-14,16,18,22H,4-5,15H2,1-3H3/t16-,18+,22+/m0/s1. The summed E-state index contributed by atoms with van der Waals surface area (Å²) in [6, 6.07) is 18.2. The van der Waals surface area contributed by atoms with Crippen molar-refractivity contribution in [1.29, 1.82) is 0 Å². The van der Waals surface area contributed by atoms with Gasteiger partial charge in [-0.1, -0.05) is 56.3 Å². The molecule has 0 fully saturated rings. The molecule has 4 nitrogen and oxygen atoms in total. The Kier molecular flexibility index (Phi) is 6.28. The average Bonchev–Trinajstić information content (AvgIpc) is 3.10. The number of carbonyl (C=O) groups excluding carboxylic acids is 1. The number of oxazole rings is 1. The SMILES string of the molecule is CCOC(=O)C[C@H](C)[C@@H](c1nc2ccccc2o1)[C@H](CC)c1ccccc1. The van der Waals surface area contributed by atoms with Crippen LogP contribution in [0.5, 0.6) is 0 Å². The Balaban J connectivity index is 2.00. The highest BCUT2D eigenvalue weighted by atomic mass is 16.5. The molecule has 0 amide bonds. The van der Waals surface area contributed by atoms with E-state index in [1.54, 1.807) is 0 Å². The summed E-state index contributed by atoms with van der Waals surface area (Å²) in [7, 11) is 0. The molecule has 0 bridgehead atoms. The van der Waals surface area contributed by atoms with Gasteiger partial charge in [-0.2, -0.15) is 0 Å². The zero-order chi connectivity index (χ0) is 19.2. The second-order valence-corrected chi connectivity index (χ2v) is 6.96. The number of nitrogens with zero attached hydrogens (tertiary/aromatic N) is 1. The molecule has 0 N–H and O–H groups in total. The second-order valence-electron chi connectivity index (χ2n) is 6.96. The Morgan fingerprint density at radius 2 is 1.78 bits per heavy atom. The van der Waals surface area contributed by atoms with Gasteiger partial charge in [-0.3, -0.25) is 4.79 Å². The smallest absolute Gasteiger partial charge is 0.306 e. The first-order valence-corrected chi connectivity index (χ1v) is 9.70. The third-order valence-corrected chi connectivity index (χ3v) is 5.10. The lowest BCUT2D eigenvalue weighted by atomic mass is 9.76. The maximum absolute atomic E-state index is 12.1. The van der Waals surface area contributed by atoms with Crippen molar-refractivity contribution in [1.82, 2.24) is 4.98 Å². The van der Waals surface area contributed by atoms with E-state index in [2.05, 4.69) is 38.1 Å². The van der Waals surface area contributed by atoms with Crippen molar-refractivity contribution in [2.75, 3.05) is 6.61 Å². The van der Waals surface area contributed by atoms with Gasteiger partial charge in [0.2, 0.25) is 0 Å². The Morgan fingerprint density at radius 1 is 1.07 bits per heavy atom. The average molecular weight is 365 g/mol. The first-order valence-electron chi connectivity index (χ1n) is 9.70. The van der Waals surface area contributed by atoms with Gasteiger partial charge >= 0.3 is 5.97 Å². The fraction of sp³-hybridized carbons (Fsp3) is 0.391. The molecule has 0 saturated carbocycles. The molecule has 0 radical (unpaired) electrons. The van der Waals surface area contributed by atoms with Crippen LogP contribution < -0.4 is 0 Å². The fourth-order valence-corrected chi connectivity index (χ4v) is 3.85. The van der Waals surface area contributed by atoms with E-state index in [9.17, 15) is 4.79 Å². The number of esters is 1. The lowest BCUT2D eigenvalue weighted by molar-refractivity contribution is -0.144. The van der Waals surface area contributed by atoms with Gasteiger partial charge in [-0.25, -0.2) is 4.98 Å². The van der Waals surface area contributed by atoms with Crippen molar-refractivity contribution in [2.45, 2.75) is 45.4 Å². The molecule has 1 aromatic heterocycles. The van der Waals surface area contributed by atoms with Crippen LogP contribution in [0.2, 0.25) is 0 Å². The number of hydrogen-bond donors (Lipinski definition) is 0. The summed E-state index contributed by atoms with van der Waals surface area (Å²) < 4.78 is 11.3. The Labute approximate surface area is 160 Å². The highest BCUT2D eigenvalue weighted by Crippen LogP contribution is 2.42. The molecule has 1 heterocycles. The predicted octanol–water partition coefficient (Wildman–Crippen LogP) is 5.69. The third-order valence-electron chi connectivity index (χ3n) is 5.10. The molecule has 4 heteroatoms. The molecule has 0 aliphatic rings. The summed E-state index contributed by atoms with van der Waals surface area (Å²) in [6.07, 6.45) is 1.28. The number of para-hydroxylation sites is 2. The molecule has 3 aromatic rings. The zero-order valence-corrected chi connectivity index (χ0v) is 16.2. The molecular weight excluding hydrogens is 338 g/mol. The highest BCUT2D eigenvalue weighted by Gasteiger charge is 2.34. The summed E-state index contributed by atoms with van der Waals surface area (Å²) in [4.78, 5) is 16.9. The Bertz CT molecular complexity index is 838. The molecule has 27 heavy (non-hydrogen) atoms. The number of fused-ring (bicyclic) bond motifs is 1. The third kappa shape index (κ3) is 4.38. The van der Waals surface area contributed by atoms with Gasteiger partial charge in [0.25, 0.3) is 0 Å². The van der Waals surface area contributed by atoms with Crippen molar-refractivity contribution in [3.8, 4) is 0 Å². The minimum absolute atomic E-state index is 0.00536. The van der Waals surface area contributed by atoms with Crippen LogP contribution in [0.1, 0.15) is 56.9 Å². The predicted molar refractivity (Wildman–Crippen MR) is 107 cm³/mol. The number of hydrogen-bond acceptors (Lipinski definition) is 4. The largest absolute Gasteiger partial charge is 0.466 e. The van der Waals surface area contributed by atoms with Crippen LogP contribution in [0.3, 0.4) is 0 Å². The van der Waals surface area contributed by atoms with Crippen molar-refractivity contribution >= 4 is 17.1 Å². The molecular formula is C23H27NO3. The van der Waals surface area contributed by atoms with E-state index in [0.29, 0.717) is 18.9 Å². The first-order chi connectivity index (χ1) is 13.1. The van der Waals surface area contributed by atoms with Crippen LogP contribution in [-0.2, 0) is 9.53 Å². The Hall–Kier alpha value is -2.62. The van der Waals surface area contributed by atoms with Crippen LogP contribution in [0.4, 0.5) is 0 Å². The Morgan fingerprint density at radius 3 is 2.44 bits per heavy atom. The van der Waals surface area contributed by atoms with Gasteiger partial charge < -0.3 is 9.15 Å². The number of ether oxygens (including phenoxy) is 1. The summed E-state index contributed by atoms with van der Waals surface area (Å²) in [5, 5.41) is 0. The van der Waals surface area contributed by atoms with Crippen molar-refractivity contribution < 1.29 is 13.9 Å². The molecule has 2 aromatic carbocycles. The molecule has 0 aliphatic carbocycles. The van der Waals surface area contributed by atoms with Crippen molar-refractivity contribution in [3.05, 3.63) is 66.1 Å². The van der Waals surface area contributed by atoms with Gasteiger partial charge in [0.1, 0.15) is 5.52 Å². The zero-order valence-electron chi connectivity index (χ0n) is 16.2. The lowest BCUT2D eigenvalue weighted by Gasteiger charge is -2.29. The monoisotopic (exact) mass is 365 g/mol. The quantitative estimate of drug-likeness (QED) is 0.481. The summed E-state index contributed by atoms with van der Waals surface area (Å²) in [6.45, 7) is 6.49. The maximum atomic E-state index is 12.1. The number of rotatable bonds is 8. The van der Waals surface area contributed by atoms with Crippen molar-refractivity contribution in [3.63, 3.8) is 0 Å². The first kappa shape index (κ1) is 19.2. The van der Waals surface area contributed by atoms with E-state index in [-0.39, 0.29) is 23.7 Å². The molecule has 0 saturated heterocycles. The van der Waals surface area contributed by atoms with E-state index in [1.165, 1.54) is 5.56 Å². The lowest BCUT2D eigenvalue weighted by Crippen LogP contribution is -2.22. The van der Waals surface area contributed by atoms with E-state index >= 15 is 0 Å².